The molecule has 0 heterocycles. The molecule has 1 saturated carbocycles. The molecular formula is C17H35N3O. The Kier molecular flexibility index (Phi) is 8.93. The van der Waals surface area contributed by atoms with E-state index in [0.717, 1.165) is 51.7 Å². The Labute approximate surface area is 130 Å². The molecule has 4 heteroatoms. The fourth-order valence-electron chi connectivity index (χ4n) is 3.24. The van der Waals surface area contributed by atoms with E-state index < -0.39 is 0 Å². The molecule has 21 heavy (non-hydrogen) atoms. The van der Waals surface area contributed by atoms with Crippen molar-refractivity contribution in [3.8, 4) is 0 Å². The van der Waals surface area contributed by atoms with Gasteiger partial charge in [0.25, 0.3) is 0 Å². The molecule has 3 unspecified atom stereocenters. The first-order chi connectivity index (χ1) is 10.1. The van der Waals surface area contributed by atoms with Gasteiger partial charge >= 0.3 is 0 Å². The van der Waals surface area contributed by atoms with E-state index in [-0.39, 0.29) is 23.9 Å². The lowest BCUT2D eigenvalue weighted by Crippen LogP contribution is -2.44. The summed E-state index contributed by atoms with van der Waals surface area (Å²) in [4.78, 5) is 14.8. The summed E-state index contributed by atoms with van der Waals surface area (Å²) < 4.78 is 0. The monoisotopic (exact) mass is 297 g/mol. The highest BCUT2D eigenvalue weighted by molar-refractivity contribution is 5.79. The molecule has 0 aromatic heterocycles. The summed E-state index contributed by atoms with van der Waals surface area (Å²) >= 11 is 0. The summed E-state index contributed by atoms with van der Waals surface area (Å²) in [5.74, 6) is 0.206. The molecule has 0 spiro atoms. The Morgan fingerprint density at radius 3 is 2.57 bits per heavy atom. The summed E-state index contributed by atoms with van der Waals surface area (Å²) in [6.45, 7) is 9.84. The molecule has 0 radical (unpaired) electrons. The number of nitrogens with one attached hydrogen (secondary N) is 1. The fourth-order valence-corrected chi connectivity index (χ4v) is 3.24. The van der Waals surface area contributed by atoms with Gasteiger partial charge in [-0.15, -0.1) is 0 Å². The maximum Gasteiger partial charge on any atom is 0.224 e. The highest BCUT2D eigenvalue weighted by atomic mass is 16.2. The third-order valence-electron chi connectivity index (χ3n) is 4.80. The second kappa shape index (κ2) is 10.2. The van der Waals surface area contributed by atoms with Crippen LogP contribution in [-0.2, 0) is 4.79 Å². The summed E-state index contributed by atoms with van der Waals surface area (Å²) in [5, 5.41) is 3.18. The van der Waals surface area contributed by atoms with Crippen molar-refractivity contribution in [3.05, 3.63) is 0 Å². The standard InChI is InChI=1S/C17H35N3O/c1-4-20(5-2)13-9-10-14(3)19-17(21)15-11-7-6-8-12-16(15)18/h14-16H,4-13,18H2,1-3H3,(H,19,21). The molecule has 1 aliphatic carbocycles. The van der Waals surface area contributed by atoms with E-state index in [4.69, 9.17) is 5.73 Å². The van der Waals surface area contributed by atoms with Gasteiger partial charge in [0.15, 0.2) is 0 Å². The van der Waals surface area contributed by atoms with Crippen LogP contribution in [0.15, 0.2) is 0 Å². The molecule has 0 aliphatic heterocycles. The van der Waals surface area contributed by atoms with Crippen LogP contribution in [0.1, 0.15) is 65.7 Å². The van der Waals surface area contributed by atoms with Gasteiger partial charge in [-0.3, -0.25) is 4.79 Å². The van der Waals surface area contributed by atoms with Gasteiger partial charge in [-0.2, -0.15) is 0 Å². The second-order valence-electron chi connectivity index (χ2n) is 6.49. The lowest BCUT2D eigenvalue weighted by molar-refractivity contribution is -0.126. The number of nitrogens with two attached hydrogens (primary N) is 1. The summed E-state index contributed by atoms with van der Waals surface area (Å²) in [7, 11) is 0. The molecule has 3 N–H and O–H groups in total. The SMILES string of the molecule is CCN(CC)CCCC(C)NC(=O)C1CCCCCC1N. The lowest BCUT2D eigenvalue weighted by atomic mass is 9.94. The molecule has 1 fully saturated rings. The van der Waals surface area contributed by atoms with E-state index in [2.05, 4.69) is 31.0 Å². The predicted octanol–water partition coefficient (Wildman–Crippen LogP) is 2.52. The zero-order chi connectivity index (χ0) is 15.7. The summed E-state index contributed by atoms with van der Waals surface area (Å²) in [5.41, 5.74) is 6.16. The van der Waals surface area contributed by atoms with E-state index in [9.17, 15) is 4.79 Å². The van der Waals surface area contributed by atoms with Crippen molar-refractivity contribution in [1.82, 2.24) is 10.2 Å². The van der Waals surface area contributed by atoms with Crippen molar-refractivity contribution < 1.29 is 4.79 Å². The minimum absolute atomic E-state index is 0.0257. The molecule has 1 rings (SSSR count). The van der Waals surface area contributed by atoms with Crippen molar-refractivity contribution >= 4 is 5.91 Å². The first-order valence-electron chi connectivity index (χ1n) is 8.86. The number of amides is 1. The number of nitrogens with zero attached hydrogens (tertiary/aromatic N) is 1. The van der Waals surface area contributed by atoms with E-state index in [1.54, 1.807) is 0 Å². The Bertz CT molecular complexity index is 292. The minimum atomic E-state index is 0.0257. The molecular weight excluding hydrogens is 262 g/mol. The molecule has 124 valence electrons. The minimum Gasteiger partial charge on any atom is -0.353 e. The summed E-state index contributed by atoms with van der Waals surface area (Å²) in [6.07, 6.45) is 7.67. The van der Waals surface area contributed by atoms with Crippen LogP contribution in [-0.4, -0.2) is 42.5 Å². The van der Waals surface area contributed by atoms with Crippen LogP contribution in [0.4, 0.5) is 0 Å². The normalized spacial score (nSPS) is 24.6. The smallest absolute Gasteiger partial charge is 0.224 e. The maximum absolute atomic E-state index is 12.4. The van der Waals surface area contributed by atoms with E-state index in [1.165, 1.54) is 12.8 Å². The largest absolute Gasteiger partial charge is 0.353 e. The van der Waals surface area contributed by atoms with Crippen LogP contribution in [0.5, 0.6) is 0 Å². The quantitative estimate of drug-likeness (QED) is 0.677. The van der Waals surface area contributed by atoms with Crippen molar-refractivity contribution in [2.24, 2.45) is 11.7 Å². The highest BCUT2D eigenvalue weighted by Crippen LogP contribution is 2.22. The molecule has 0 aromatic rings. The van der Waals surface area contributed by atoms with Gasteiger partial charge in [-0.1, -0.05) is 33.1 Å². The Morgan fingerprint density at radius 2 is 1.90 bits per heavy atom. The van der Waals surface area contributed by atoms with Gasteiger partial charge in [0, 0.05) is 12.1 Å². The predicted molar refractivity (Wildman–Crippen MR) is 89.2 cm³/mol. The summed E-state index contributed by atoms with van der Waals surface area (Å²) in [6, 6.07) is 0.305. The zero-order valence-corrected chi connectivity index (χ0v) is 14.2. The van der Waals surface area contributed by atoms with Crippen LogP contribution < -0.4 is 11.1 Å². The van der Waals surface area contributed by atoms with Crippen LogP contribution >= 0.6 is 0 Å². The van der Waals surface area contributed by atoms with Crippen molar-refractivity contribution in [1.29, 1.82) is 0 Å². The second-order valence-corrected chi connectivity index (χ2v) is 6.49. The van der Waals surface area contributed by atoms with Crippen molar-refractivity contribution in [3.63, 3.8) is 0 Å². The molecule has 0 saturated heterocycles. The third kappa shape index (κ3) is 6.79. The van der Waals surface area contributed by atoms with Crippen LogP contribution in [0, 0.1) is 5.92 Å². The molecule has 0 aromatic carbocycles. The average molecular weight is 297 g/mol. The number of carbonyl (C=O) groups excluding carboxylic acids is 1. The highest BCUT2D eigenvalue weighted by Gasteiger charge is 2.27. The zero-order valence-electron chi connectivity index (χ0n) is 14.2. The van der Waals surface area contributed by atoms with Gasteiger partial charge in [-0.25, -0.2) is 0 Å². The first-order valence-corrected chi connectivity index (χ1v) is 8.86. The maximum atomic E-state index is 12.4. The Balaban J connectivity index is 2.29. The molecule has 3 atom stereocenters. The van der Waals surface area contributed by atoms with Crippen LogP contribution in [0.25, 0.3) is 0 Å². The number of carbonyl (C=O) groups is 1. The Hall–Kier alpha value is -0.610. The van der Waals surface area contributed by atoms with Gasteiger partial charge < -0.3 is 16.0 Å². The van der Waals surface area contributed by atoms with Gasteiger partial charge in [0.2, 0.25) is 5.91 Å². The number of hydrogen-bond donors (Lipinski definition) is 2. The van der Waals surface area contributed by atoms with E-state index >= 15 is 0 Å². The molecule has 1 amide bonds. The molecule has 0 bridgehead atoms. The van der Waals surface area contributed by atoms with Gasteiger partial charge in [-0.05, 0) is 52.2 Å². The van der Waals surface area contributed by atoms with E-state index in [1.807, 2.05) is 0 Å². The molecule has 1 aliphatic rings. The topological polar surface area (TPSA) is 58.4 Å². The van der Waals surface area contributed by atoms with Crippen molar-refractivity contribution in [2.75, 3.05) is 19.6 Å². The van der Waals surface area contributed by atoms with Crippen LogP contribution in [0.2, 0.25) is 0 Å². The van der Waals surface area contributed by atoms with Gasteiger partial charge in [0.1, 0.15) is 0 Å². The lowest BCUT2D eigenvalue weighted by Gasteiger charge is -2.24. The van der Waals surface area contributed by atoms with E-state index in [0.29, 0.717) is 0 Å². The average Bonchev–Trinajstić information content (AvgIpc) is 2.68. The van der Waals surface area contributed by atoms with Crippen molar-refractivity contribution in [2.45, 2.75) is 77.8 Å². The fraction of sp³-hybridized carbons (Fsp3) is 0.941. The van der Waals surface area contributed by atoms with Crippen LogP contribution in [0.3, 0.4) is 0 Å². The third-order valence-corrected chi connectivity index (χ3v) is 4.80. The molecule has 4 nitrogen and oxygen atoms in total. The Morgan fingerprint density at radius 1 is 1.24 bits per heavy atom. The number of hydrogen-bond acceptors (Lipinski definition) is 3. The number of rotatable bonds is 8. The van der Waals surface area contributed by atoms with Gasteiger partial charge in [0.05, 0.1) is 5.92 Å². The first kappa shape index (κ1) is 18.4.